The first-order valence-electron chi connectivity index (χ1n) is 6.49. The van der Waals surface area contributed by atoms with E-state index < -0.39 is 0 Å². The van der Waals surface area contributed by atoms with Crippen LogP contribution in [0.4, 0.5) is 5.69 Å². The maximum absolute atomic E-state index is 12.0. The van der Waals surface area contributed by atoms with Crippen LogP contribution < -0.4 is 5.32 Å². The van der Waals surface area contributed by atoms with E-state index in [4.69, 9.17) is 23.2 Å². The summed E-state index contributed by atoms with van der Waals surface area (Å²) in [5.74, 6) is -0.342. The first-order chi connectivity index (χ1) is 10.5. The summed E-state index contributed by atoms with van der Waals surface area (Å²) in [4.78, 5) is 23.9. The highest BCUT2D eigenvalue weighted by atomic mass is 127. The van der Waals surface area contributed by atoms with Crippen LogP contribution in [0.2, 0.25) is 10.0 Å². The lowest BCUT2D eigenvalue weighted by Crippen LogP contribution is -2.13. The molecule has 0 unspecified atom stereocenters. The Labute approximate surface area is 152 Å². The highest BCUT2D eigenvalue weighted by Crippen LogP contribution is 2.24. The molecule has 0 fully saturated rings. The van der Waals surface area contributed by atoms with Gasteiger partial charge in [0.15, 0.2) is 5.78 Å². The molecule has 0 heterocycles. The molecular weight excluding hydrogens is 436 g/mol. The van der Waals surface area contributed by atoms with Gasteiger partial charge in [-0.25, -0.2) is 0 Å². The van der Waals surface area contributed by atoms with Gasteiger partial charge >= 0.3 is 0 Å². The second-order valence-electron chi connectivity index (χ2n) is 4.60. The second-order valence-corrected chi connectivity index (χ2v) is 6.69. The van der Waals surface area contributed by atoms with E-state index in [0.29, 0.717) is 21.3 Å². The van der Waals surface area contributed by atoms with Crippen molar-refractivity contribution in [3.63, 3.8) is 0 Å². The molecule has 1 amide bonds. The molecule has 22 heavy (non-hydrogen) atoms. The number of benzene rings is 2. The molecule has 2 rings (SSSR count). The highest BCUT2D eigenvalue weighted by Gasteiger charge is 2.11. The van der Waals surface area contributed by atoms with Gasteiger partial charge in [0.1, 0.15) is 0 Å². The summed E-state index contributed by atoms with van der Waals surface area (Å²) in [6, 6.07) is 12.0. The van der Waals surface area contributed by atoms with Crippen LogP contribution in [0.25, 0.3) is 0 Å². The Kier molecular flexibility index (Phi) is 6.23. The first-order valence-corrected chi connectivity index (χ1v) is 8.33. The number of nitrogens with one attached hydrogen (secondary N) is 1. The van der Waals surface area contributed by atoms with Crippen LogP contribution in [0.3, 0.4) is 0 Å². The van der Waals surface area contributed by atoms with E-state index >= 15 is 0 Å². The molecule has 0 spiro atoms. The molecule has 0 radical (unpaired) electrons. The van der Waals surface area contributed by atoms with E-state index in [0.717, 1.165) is 3.57 Å². The largest absolute Gasteiger partial charge is 0.325 e. The minimum atomic E-state index is -0.245. The van der Waals surface area contributed by atoms with Gasteiger partial charge in [0.2, 0.25) is 5.91 Å². The van der Waals surface area contributed by atoms with E-state index in [-0.39, 0.29) is 24.5 Å². The van der Waals surface area contributed by atoms with E-state index in [1.165, 1.54) is 0 Å². The van der Waals surface area contributed by atoms with Crippen LogP contribution in [0.15, 0.2) is 42.5 Å². The van der Waals surface area contributed by atoms with Gasteiger partial charge in [-0.2, -0.15) is 0 Å². The SMILES string of the molecule is O=C(CCC(=O)c1ccc(Cl)cc1)Nc1ccc(I)cc1Cl. The van der Waals surface area contributed by atoms with Crippen molar-refractivity contribution in [2.75, 3.05) is 5.32 Å². The van der Waals surface area contributed by atoms with Gasteiger partial charge in [0.05, 0.1) is 10.7 Å². The number of carbonyl (C=O) groups excluding carboxylic acids is 2. The molecule has 0 atom stereocenters. The molecule has 2 aromatic carbocycles. The number of rotatable bonds is 5. The average Bonchev–Trinajstić information content (AvgIpc) is 2.48. The standard InChI is InChI=1S/C16H12Cl2INO2/c17-11-3-1-10(2-4-11)15(21)7-8-16(22)20-14-6-5-12(19)9-13(14)18/h1-6,9H,7-8H2,(H,20,22). The normalized spacial score (nSPS) is 10.3. The van der Waals surface area contributed by atoms with Gasteiger partial charge in [-0.05, 0) is 65.1 Å². The highest BCUT2D eigenvalue weighted by molar-refractivity contribution is 14.1. The third-order valence-corrected chi connectivity index (χ3v) is 4.19. The number of ketones is 1. The maximum Gasteiger partial charge on any atom is 0.224 e. The van der Waals surface area contributed by atoms with Gasteiger partial charge in [0, 0.05) is 27.0 Å². The van der Waals surface area contributed by atoms with Gasteiger partial charge in [-0.3, -0.25) is 9.59 Å². The molecule has 3 nitrogen and oxygen atoms in total. The van der Waals surface area contributed by atoms with Crippen LogP contribution in [0.1, 0.15) is 23.2 Å². The molecule has 0 bridgehead atoms. The third kappa shape index (κ3) is 4.97. The van der Waals surface area contributed by atoms with Gasteiger partial charge in [0.25, 0.3) is 0 Å². The maximum atomic E-state index is 12.0. The van der Waals surface area contributed by atoms with Crippen molar-refractivity contribution in [1.82, 2.24) is 0 Å². The molecule has 0 saturated carbocycles. The molecule has 1 N–H and O–H groups in total. The lowest BCUT2D eigenvalue weighted by atomic mass is 10.1. The third-order valence-electron chi connectivity index (χ3n) is 2.95. The minimum Gasteiger partial charge on any atom is -0.325 e. The Morgan fingerprint density at radius 1 is 1.00 bits per heavy atom. The van der Waals surface area contributed by atoms with Crippen molar-refractivity contribution in [3.8, 4) is 0 Å². The van der Waals surface area contributed by atoms with Crippen molar-refractivity contribution in [1.29, 1.82) is 0 Å². The fourth-order valence-corrected chi connectivity index (χ4v) is 2.84. The predicted octanol–water partition coefficient (Wildman–Crippen LogP) is 5.20. The Morgan fingerprint density at radius 3 is 2.32 bits per heavy atom. The summed E-state index contributed by atoms with van der Waals surface area (Å²) in [6.45, 7) is 0. The number of amides is 1. The van der Waals surface area contributed by atoms with Gasteiger partial charge in [-0.15, -0.1) is 0 Å². The van der Waals surface area contributed by atoms with E-state index in [9.17, 15) is 9.59 Å². The van der Waals surface area contributed by atoms with Gasteiger partial charge < -0.3 is 5.32 Å². The van der Waals surface area contributed by atoms with Crippen molar-refractivity contribution < 1.29 is 9.59 Å². The molecule has 0 aliphatic carbocycles. The molecule has 0 aliphatic rings. The molecule has 2 aromatic rings. The second kappa shape index (κ2) is 7.94. The topological polar surface area (TPSA) is 46.2 Å². The summed E-state index contributed by atoms with van der Waals surface area (Å²) in [5.41, 5.74) is 1.09. The summed E-state index contributed by atoms with van der Waals surface area (Å²) < 4.78 is 0.985. The summed E-state index contributed by atoms with van der Waals surface area (Å²) in [5, 5.41) is 3.75. The lowest BCUT2D eigenvalue weighted by Gasteiger charge is -2.07. The fraction of sp³-hybridized carbons (Fsp3) is 0.125. The minimum absolute atomic E-state index is 0.0967. The van der Waals surface area contributed by atoms with E-state index in [1.807, 2.05) is 6.07 Å². The molecule has 6 heteroatoms. The van der Waals surface area contributed by atoms with E-state index in [1.54, 1.807) is 36.4 Å². The summed E-state index contributed by atoms with van der Waals surface area (Å²) >= 11 is 14.0. The zero-order valence-electron chi connectivity index (χ0n) is 11.4. The molecule has 114 valence electrons. The average molecular weight is 448 g/mol. The lowest BCUT2D eigenvalue weighted by molar-refractivity contribution is -0.116. The predicted molar refractivity (Wildman–Crippen MR) is 97.8 cm³/mol. The molecular formula is C16H12Cl2INO2. The van der Waals surface area contributed by atoms with Crippen LogP contribution in [-0.4, -0.2) is 11.7 Å². The summed E-state index contributed by atoms with van der Waals surface area (Å²) in [6.07, 6.45) is 0.235. The summed E-state index contributed by atoms with van der Waals surface area (Å²) in [7, 11) is 0. The van der Waals surface area contributed by atoms with Crippen molar-refractivity contribution in [3.05, 3.63) is 61.6 Å². The van der Waals surface area contributed by atoms with Crippen LogP contribution in [0, 0.1) is 3.57 Å². The number of carbonyl (C=O) groups is 2. The molecule has 0 saturated heterocycles. The zero-order chi connectivity index (χ0) is 16.1. The van der Waals surface area contributed by atoms with Crippen LogP contribution in [0.5, 0.6) is 0 Å². The monoisotopic (exact) mass is 447 g/mol. The van der Waals surface area contributed by atoms with E-state index in [2.05, 4.69) is 27.9 Å². The Hall–Kier alpha value is -1.11. The number of hydrogen-bond acceptors (Lipinski definition) is 2. The quantitative estimate of drug-likeness (QED) is 0.505. The molecule has 0 aliphatic heterocycles. The molecule has 0 aromatic heterocycles. The van der Waals surface area contributed by atoms with Crippen molar-refractivity contribution >= 4 is 63.2 Å². The number of anilines is 1. The smallest absolute Gasteiger partial charge is 0.224 e. The first kappa shape index (κ1) is 17.2. The Bertz CT molecular complexity index is 702. The number of hydrogen-bond donors (Lipinski definition) is 1. The van der Waals surface area contributed by atoms with Crippen molar-refractivity contribution in [2.45, 2.75) is 12.8 Å². The fourth-order valence-electron chi connectivity index (χ4n) is 1.81. The zero-order valence-corrected chi connectivity index (χ0v) is 15.1. The van der Waals surface area contributed by atoms with Gasteiger partial charge in [-0.1, -0.05) is 23.2 Å². The Balaban J connectivity index is 1.89. The Morgan fingerprint density at radius 2 is 1.68 bits per heavy atom. The van der Waals surface area contributed by atoms with Crippen LogP contribution in [-0.2, 0) is 4.79 Å². The number of Topliss-reactive ketones (excluding diaryl/α,β-unsaturated/α-hetero) is 1. The van der Waals surface area contributed by atoms with Crippen molar-refractivity contribution in [2.24, 2.45) is 0 Å². The number of halogens is 3. The van der Waals surface area contributed by atoms with Crippen LogP contribution >= 0.6 is 45.8 Å².